The second-order valence-electron chi connectivity index (χ2n) is 4.16. The van der Waals surface area contributed by atoms with Crippen molar-refractivity contribution >= 4 is 5.71 Å². The number of hydrogen-bond acceptors (Lipinski definition) is 1. The highest BCUT2D eigenvalue weighted by Crippen LogP contribution is 2.20. The lowest BCUT2D eigenvalue weighted by Gasteiger charge is -2.34. The van der Waals surface area contributed by atoms with Crippen LogP contribution in [0.5, 0.6) is 0 Å². The molecule has 0 saturated carbocycles. The van der Waals surface area contributed by atoms with Crippen LogP contribution in [-0.4, -0.2) is 48.4 Å². The predicted octanol–water partition coefficient (Wildman–Crippen LogP) is 0.958. The van der Waals surface area contributed by atoms with Gasteiger partial charge in [0.1, 0.15) is 13.6 Å². The van der Waals surface area contributed by atoms with Crippen molar-refractivity contribution in [1.82, 2.24) is 4.90 Å². The first-order valence-corrected chi connectivity index (χ1v) is 5.06. The second kappa shape index (κ2) is 3.17. The standard InChI is InChI=1S/C10H19N2/c1-11-7-3-6-10-9(11)5-4-8-12(10)2/h9H,3-8H2,1-2H3/q+1. The third-order valence-electron chi connectivity index (χ3n) is 3.32. The Morgan fingerprint density at radius 1 is 1.42 bits per heavy atom. The van der Waals surface area contributed by atoms with Crippen LogP contribution in [0.1, 0.15) is 25.7 Å². The predicted molar refractivity (Wildman–Crippen MR) is 50.9 cm³/mol. The maximum Gasteiger partial charge on any atom is 0.169 e. The number of nitrogens with zero attached hydrogens (tertiary/aromatic N) is 2. The van der Waals surface area contributed by atoms with Gasteiger partial charge in [-0.15, -0.1) is 0 Å². The molecule has 2 heteroatoms. The molecule has 0 radical (unpaired) electrons. The average Bonchev–Trinajstić information content (AvgIpc) is 2.07. The Hall–Kier alpha value is -0.370. The quantitative estimate of drug-likeness (QED) is 0.487. The van der Waals surface area contributed by atoms with Crippen LogP contribution in [0.15, 0.2) is 0 Å². The van der Waals surface area contributed by atoms with Crippen molar-refractivity contribution in [2.75, 3.05) is 27.2 Å². The first kappa shape index (κ1) is 8.24. The molecule has 2 nitrogen and oxygen atoms in total. The second-order valence-corrected chi connectivity index (χ2v) is 4.16. The van der Waals surface area contributed by atoms with Crippen molar-refractivity contribution in [2.45, 2.75) is 31.7 Å². The van der Waals surface area contributed by atoms with Crippen LogP contribution in [-0.2, 0) is 0 Å². The van der Waals surface area contributed by atoms with E-state index in [2.05, 4.69) is 23.6 Å². The fourth-order valence-electron chi connectivity index (χ4n) is 2.58. The number of fused-ring (bicyclic) bond motifs is 1. The molecule has 0 aromatic heterocycles. The van der Waals surface area contributed by atoms with E-state index in [9.17, 15) is 0 Å². The molecular formula is C10H19N2+. The van der Waals surface area contributed by atoms with Gasteiger partial charge in [-0.2, -0.15) is 0 Å². The summed E-state index contributed by atoms with van der Waals surface area (Å²) in [6, 6.07) is 0.775. The summed E-state index contributed by atoms with van der Waals surface area (Å²) >= 11 is 0. The van der Waals surface area contributed by atoms with E-state index in [1.54, 1.807) is 5.71 Å². The summed E-state index contributed by atoms with van der Waals surface area (Å²) in [7, 11) is 4.52. The maximum absolute atomic E-state index is 2.52. The van der Waals surface area contributed by atoms with Gasteiger partial charge in [0.25, 0.3) is 0 Å². The summed E-state index contributed by atoms with van der Waals surface area (Å²) in [6.45, 7) is 2.57. The zero-order valence-corrected chi connectivity index (χ0v) is 8.21. The molecule has 0 amide bonds. The van der Waals surface area contributed by atoms with E-state index in [0.717, 1.165) is 6.04 Å². The van der Waals surface area contributed by atoms with Gasteiger partial charge in [-0.1, -0.05) is 0 Å². The summed E-state index contributed by atoms with van der Waals surface area (Å²) in [5.41, 5.74) is 1.69. The summed E-state index contributed by atoms with van der Waals surface area (Å²) in [4.78, 5) is 2.52. The smallest absolute Gasteiger partial charge is 0.169 e. The third-order valence-corrected chi connectivity index (χ3v) is 3.32. The summed E-state index contributed by atoms with van der Waals surface area (Å²) in [5, 5.41) is 0. The first-order chi connectivity index (χ1) is 5.79. The Labute approximate surface area is 74.9 Å². The zero-order chi connectivity index (χ0) is 8.55. The van der Waals surface area contributed by atoms with Gasteiger partial charge in [-0.05, 0) is 26.4 Å². The number of rotatable bonds is 0. The minimum atomic E-state index is 0.775. The number of piperidine rings is 1. The van der Waals surface area contributed by atoms with E-state index in [1.165, 1.54) is 38.8 Å². The Balaban J connectivity index is 2.23. The fourth-order valence-corrected chi connectivity index (χ4v) is 2.58. The Morgan fingerprint density at radius 2 is 2.25 bits per heavy atom. The van der Waals surface area contributed by atoms with E-state index in [0.29, 0.717) is 0 Å². The molecule has 2 heterocycles. The van der Waals surface area contributed by atoms with Crippen molar-refractivity contribution in [1.29, 1.82) is 0 Å². The molecular weight excluding hydrogens is 148 g/mol. The van der Waals surface area contributed by atoms with E-state index in [-0.39, 0.29) is 0 Å². The number of likely N-dealkylation sites (tertiary alicyclic amines) is 1. The Morgan fingerprint density at radius 3 is 3.00 bits per heavy atom. The van der Waals surface area contributed by atoms with Crippen molar-refractivity contribution in [3.63, 3.8) is 0 Å². The molecule has 1 saturated heterocycles. The average molecular weight is 167 g/mol. The van der Waals surface area contributed by atoms with Gasteiger partial charge in [-0.25, -0.2) is 4.58 Å². The molecule has 1 unspecified atom stereocenters. The van der Waals surface area contributed by atoms with Crippen LogP contribution in [0.2, 0.25) is 0 Å². The van der Waals surface area contributed by atoms with Crippen LogP contribution in [0.4, 0.5) is 0 Å². The SMILES string of the molecule is CN1CCCC2=[N+](C)CCCC21. The van der Waals surface area contributed by atoms with Crippen molar-refractivity contribution in [3.05, 3.63) is 0 Å². The lowest BCUT2D eigenvalue weighted by atomic mass is 9.93. The van der Waals surface area contributed by atoms with Crippen molar-refractivity contribution in [2.24, 2.45) is 0 Å². The minimum Gasteiger partial charge on any atom is -0.294 e. The summed E-state index contributed by atoms with van der Waals surface area (Å²) in [5.74, 6) is 0. The molecule has 2 aliphatic rings. The van der Waals surface area contributed by atoms with E-state index in [1.807, 2.05) is 0 Å². The van der Waals surface area contributed by atoms with E-state index in [4.69, 9.17) is 0 Å². The van der Waals surface area contributed by atoms with Crippen molar-refractivity contribution in [3.8, 4) is 0 Å². The first-order valence-electron chi connectivity index (χ1n) is 5.06. The van der Waals surface area contributed by atoms with Crippen molar-refractivity contribution < 1.29 is 4.58 Å². The molecule has 0 aromatic carbocycles. The van der Waals surface area contributed by atoms with Gasteiger partial charge in [0.05, 0.1) is 6.04 Å². The minimum absolute atomic E-state index is 0.775. The topological polar surface area (TPSA) is 6.25 Å². The molecule has 68 valence electrons. The lowest BCUT2D eigenvalue weighted by Crippen LogP contribution is -2.49. The van der Waals surface area contributed by atoms with Crippen LogP contribution in [0, 0.1) is 0 Å². The van der Waals surface area contributed by atoms with E-state index >= 15 is 0 Å². The molecule has 1 fully saturated rings. The largest absolute Gasteiger partial charge is 0.294 e. The fraction of sp³-hybridized carbons (Fsp3) is 0.900. The third kappa shape index (κ3) is 1.28. The summed E-state index contributed by atoms with van der Waals surface area (Å²) < 4.78 is 2.48. The van der Waals surface area contributed by atoms with Gasteiger partial charge in [-0.3, -0.25) is 4.90 Å². The zero-order valence-electron chi connectivity index (χ0n) is 8.21. The Bertz CT molecular complexity index is 208. The van der Waals surface area contributed by atoms with Crippen LogP contribution < -0.4 is 0 Å². The highest BCUT2D eigenvalue weighted by atomic mass is 15.2. The molecule has 1 atom stereocenters. The van der Waals surface area contributed by atoms with Gasteiger partial charge in [0, 0.05) is 12.8 Å². The monoisotopic (exact) mass is 167 g/mol. The molecule has 12 heavy (non-hydrogen) atoms. The lowest BCUT2D eigenvalue weighted by molar-refractivity contribution is -0.506. The molecule has 2 aliphatic heterocycles. The van der Waals surface area contributed by atoms with Gasteiger partial charge in [0.15, 0.2) is 5.71 Å². The normalized spacial score (nSPS) is 32.0. The van der Waals surface area contributed by atoms with Crippen LogP contribution >= 0.6 is 0 Å². The van der Waals surface area contributed by atoms with Gasteiger partial charge < -0.3 is 0 Å². The molecule has 0 spiro atoms. The maximum atomic E-state index is 2.52. The molecule has 0 bridgehead atoms. The van der Waals surface area contributed by atoms with Crippen LogP contribution in [0.25, 0.3) is 0 Å². The van der Waals surface area contributed by atoms with Crippen LogP contribution in [0.3, 0.4) is 0 Å². The highest BCUT2D eigenvalue weighted by Gasteiger charge is 2.33. The summed E-state index contributed by atoms with van der Waals surface area (Å²) in [6.07, 6.45) is 5.45. The Kier molecular flexibility index (Phi) is 2.18. The van der Waals surface area contributed by atoms with E-state index < -0.39 is 0 Å². The molecule has 0 aliphatic carbocycles. The van der Waals surface area contributed by atoms with Gasteiger partial charge >= 0.3 is 0 Å². The number of hydrogen-bond donors (Lipinski definition) is 0. The van der Waals surface area contributed by atoms with Gasteiger partial charge in [0.2, 0.25) is 0 Å². The highest BCUT2D eigenvalue weighted by molar-refractivity contribution is 5.86. The molecule has 2 rings (SSSR count). The molecule has 0 N–H and O–H groups in total. The molecule has 0 aromatic rings.